The number of amides is 1. The predicted octanol–water partition coefficient (Wildman–Crippen LogP) is 0.0226. The second-order valence-electron chi connectivity index (χ2n) is 6.45. The summed E-state index contributed by atoms with van der Waals surface area (Å²) >= 11 is 0. The van der Waals surface area contributed by atoms with Gasteiger partial charge in [-0.2, -0.15) is 0 Å². The summed E-state index contributed by atoms with van der Waals surface area (Å²) in [5, 5.41) is 9.59. The molecule has 1 aliphatic rings. The first-order chi connectivity index (χ1) is 12.8. The molecular weight excluding hydrogens is 354 g/mol. The minimum absolute atomic E-state index is 0.0294. The maximum Gasteiger partial charge on any atom is 0.328 e. The van der Waals surface area contributed by atoms with Gasteiger partial charge in [0.15, 0.2) is 0 Å². The van der Waals surface area contributed by atoms with Gasteiger partial charge in [0.25, 0.3) is 11.5 Å². The Morgan fingerprint density at radius 3 is 2.67 bits per heavy atom. The van der Waals surface area contributed by atoms with Crippen molar-refractivity contribution in [3.63, 3.8) is 0 Å². The van der Waals surface area contributed by atoms with Crippen molar-refractivity contribution in [2.75, 3.05) is 20.2 Å². The van der Waals surface area contributed by atoms with E-state index in [0.29, 0.717) is 5.75 Å². The van der Waals surface area contributed by atoms with Crippen LogP contribution in [-0.4, -0.2) is 51.6 Å². The van der Waals surface area contributed by atoms with Crippen LogP contribution in [0.25, 0.3) is 0 Å². The number of H-pyrrole nitrogens is 1. The third kappa shape index (κ3) is 3.48. The van der Waals surface area contributed by atoms with E-state index in [0.717, 1.165) is 16.3 Å². The number of aromatic amines is 1. The topological polar surface area (TPSA) is 122 Å². The van der Waals surface area contributed by atoms with Crippen molar-refractivity contribution >= 4 is 11.9 Å². The van der Waals surface area contributed by atoms with Crippen LogP contribution in [-0.2, 0) is 11.8 Å². The smallest absolute Gasteiger partial charge is 0.328 e. The molecule has 1 fully saturated rings. The molecule has 27 heavy (non-hydrogen) atoms. The first-order valence-electron chi connectivity index (χ1n) is 8.27. The number of ether oxygens (including phenoxy) is 1. The summed E-state index contributed by atoms with van der Waals surface area (Å²) in [7, 11) is 2.93. The molecule has 0 unspecified atom stereocenters. The summed E-state index contributed by atoms with van der Waals surface area (Å²) in [4.78, 5) is 51.4. The van der Waals surface area contributed by atoms with Crippen molar-refractivity contribution in [2.45, 2.75) is 5.92 Å². The van der Waals surface area contributed by atoms with Gasteiger partial charge in [-0.05, 0) is 17.7 Å². The number of nitrogens with zero attached hydrogens (tertiary/aromatic N) is 2. The lowest BCUT2D eigenvalue weighted by Gasteiger charge is -2.17. The Balaban J connectivity index is 1.93. The monoisotopic (exact) mass is 373 g/mol. The maximum atomic E-state index is 12.8. The van der Waals surface area contributed by atoms with Gasteiger partial charge in [0, 0.05) is 32.3 Å². The number of aryl methyl sites for hydroxylation is 1. The highest BCUT2D eigenvalue weighted by atomic mass is 16.5. The zero-order valence-corrected chi connectivity index (χ0v) is 14.8. The van der Waals surface area contributed by atoms with E-state index in [-0.39, 0.29) is 18.7 Å². The van der Waals surface area contributed by atoms with Gasteiger partial charge in [-0.3, -0.25) is 19.4 Å². The number of carbonyl (C=O) groups is 2. The zero-order chi connectivity index (χ0) is 19.7. The molecule has 0 radical (unpaired) electrons. The van der Waals surface area contributed by atoms with Gasteiger partial charge < -0.3 is 19.3 Å². The number of carboxylic acids is 1. The fourth-order valence-electron chi connectivity index (χ4n) is 3.32. The summed E-state index contributed by atoms with van der Waals surface area (Å²) < 4.78 is 6.28. The molecule has 2 aromatic rings. The van der Waals surface area contributed by atoms with Crippen molar-refractivity contribution in [2.24, 2.45) is 13.0 Å². The van der Waals surface area contributed by atoms with E-state index >= 15 is 0 Å². The number of aliphatic carboxylic acids is 1. The number of nitrogens with one attached hydrogen (secondary N) is 1. The van der Waals surface area contributed by atoms with Crippen LogP contribution in [0.4, 0.5) is 0 Å². The molecule has 1 aromatic heterocycles. The van der Waals surface area contributed by atoms with Gasteiger partial charge in [-0.25, -0.2) is 4.79 Å². The number of carboxylic acid groups (broad SMARTS) is 1. The molecular formula is C18H19N3O6. The third-order valence-corrected chi connectivity index (χ3v) is 4.78. The SMILES string of the molecule is COc1cccc([C@@H]2CN(C(=O)c3cn(C)c(=O)[nH]c3=O)C[C@H]2C(=O)O)c1. The Hall–Kier alpha value is -3.36. The van der Waals surface area contributed by atoms with Crippen molar-refractivity contribution < 1.29 is 19.4 Å². The van der Waals surface area contributed by atoms with E-state index in [1.807, 2.05) is 0 Å². The van der Waals surface area contributed by atoms with Crippen LogP contribution < -0.4 is 16.0 Å². The molecule has 0 aliphatic carbocycles. The second-order valence-corrected chi connectivity index (χ2v) is 6.45. The molecule has 0 saturated carbocycles. The van der Waals surface area contributed by atoms with Crippen molar-refractivity contribution in [1.82, 2.24) is 14.5 Å². The fraction of sp³-hybridized carbons (Fsp3) is 0.333. The van der Waals surface area contributed by atoms with Crippen LogP contribution in [0.3, 0.4) is 0 Å². The Morgan fingerprint density at radius 1 is 1.26 bits per heavy atom. The first kappa shape index (κ1) is 18.4. The minimum Gasteiger partial charge on any atom is -0.497 e. The van der Waals surface area contributed by atoms with E-state index < -0.39 is 35.0 Å². The molecule has 1 aliphatic heterocycles. The highest BCUT2D eigenvalue weighted by molar-refractivity contribution is 5.94. The first-order valence-corrected chi connectivity index (χ1v) is 8.27. The molecule has 2 N–H and O–H groups in total. The summed E-state index contributed by atoms with van der Waals surface area (Å²) in [6.07, 6.45) is 1.16. The van der Waals surface area contributed by atoms with Gasteiger partial charge in [0.2, 0.25) is 0 Å². The minimum atomic E-state index is -1.02. The molecule has 9 nitrogen and oxygen atoms in total. The van der Waals surface area contributed by atoms with Gasteiger partial charge in [0.05, 0.1) is 13.0 Å². The van der Waals surface area contributed by atoms with Crippen molar-refractivity contribution in [1.29, 1.82) is 0 Å². The molecule has 1 saturated heterocycles. The lowest BCUT2D eigenvalue weighted by molar-refractivity contribution is -0.141. The molecule has 2 atom stereocenters. The molecule has 9 heteroatoms. The number of carbonyl (C=O) groups excluding carboxylic acids is 1. The van der Waals surface area contributed by atoms with Crippen molar-refractivity contribution in [3.05, 3.63) is 62.4 Å². The highest BCUT2D eigenvalue weighted by Crippen LogP contribution is 2.34. The van der Waals surface area contributed by atoms with Gasteiger partial charge >= 0.3 is 11.7 Å². The third-order valence-electron chi connectivity index (χ3n) is 4.78. The molecule has 1 aromatic carbocycles. The Labute approximate surface area is 153 Å². The predicted molar refractivity (Wildman–Crippen MR) is 95.1 cm³/mol. The van der Waals surface area contributed by atoms with Gasteiger partial charge in [-0.15, -0.1) is 0 Å². The maximum absolute atomic E-state index is 12.8. The van der Waals surface area contributed by atoms with Crippen LogP contribution in [0.2, 0.25) is 0 Å². The standard InChI is InChI=1S/C18H19N3O6/c1-20-7-14(15(22)19-18(20)26)16(23)21-8-12(13(9-21)17(24)25)10-4-3-5-11(6-10)27-2/h3-7,12-13H,8-9H2,1-2H3,(H,24,25)(H,19,22,26)/t12-,13+/m0/s1. The molecule has 3 rings (SSSR count). The molecule has 0 spiro atoms. The zero-order valence-electron chi connectivity index (χ0n) is 14.8. The second kappa shape index (κ2) is 7.10. The Bertz CT molecular complexity index is 1010. The number of benzene rings is 1. The van der Waals surface area contributed by atoms with Gasteiger partial charge in [0.1, 0.15) is 11.3 Å². The number of methoxy groups -OCH3 is 1. The van der Waals surface area contributed by atoms with Crippen LogP contribution in [0, 0.1) is 5.92 Å². The summed E-state index contributed by atoms with van der Waals surface area (Å²) in [6, 6.07) is 7.04. The van der Waals surface area contributed by atoms with Crippen LogP contribution in [0.1, 0.15) is 21.8 Å². The number of rotatable bonds is 4. The fourth-order valence-corrected chi connectivity index (χ4v) is 3.32. The van der Waals surface area contributed by atoms with Crippen LogP contribution in [0.15, 0.2) is 40.1 Å². The molecule has 0 bridgehead atoms. The average molecular weight is 373 g/mol. The molecule has 2 heterocycles. The highest BCUT2D eigenvalue weighted by Gasteiger charge is 2.41. The van der Waals surface area contributed by atoms with E-state index in [2.05, 4.69) is 4.98 Å². The van der Waals surface area contributed by atoms with E-state index in [4.69, 9.17) is 4.74 Å². The Morgan fingerprint density at radius 2 is 2.00 bits per heavy atom. The van der Waals surface area contributed by atoms with Crippen LogP contribution in [0.5, 0.6) is 5.75 Å². The normalized spacial score (nSPS) is 19.1. The van der Waals surface area contributed by atoms with E-state index in [1.54, 1.807) is 24.3 Å². The summed E-state index contributed by atoms with van der Waals surface area (Å²) in [5.41, 5.74) is -0.880. The number of aromatic nitrogens is 2. The number of hydrogen-bond donors (Lipinski definition) is 2. The van der Waals surface area contributed by atoms with Crippen molar-refractivity contribution in [3.8, 4) is 5.75 Å². The summed E-state index contributed by atoms with van der Waals surface area (Å²) in [5.74, 6) is -2.28. The Kier molecular flexibility index (Phi) is 4.85. The van der Waals surface area contributed by atoms with E-state index in [9.17, 15) is 24.3 Å². The largest absolute Gasteiger partial charge is 0.497 e. The number of likely N-dealkylation sites (tertiary alicyclic amines) is 1. The number of hydrogen-bond acceptors (Lipinski definition) is 5. The quantitative estimate of drug-likeness (QED) is 0.779. The average Bonchev–Trinajstić information content (AvgIpc) is 3.10. The summed E-state index contributed by atoms with van der Waals surface area (Å²) in [6.45, 7) is 0.115. The van der Waals surface area contributed by atoms with Gasteiger partial charge in [-0.1, -0.05) is 12.1 Å². The lowest BCUT2D eigenvalue weighted by atomic mass is 9.89. The molecule has 142 valence electrons. The molecule has 1 amide bonds. The van der Waals surface area contributed by atoms with E-state index in [1.165, 1.54) is 19.1 Å². The lowest BCUT2D eigenvalue weighted by Crippen LogP contribution is -2.38. The van der Waals surface area contributed by atoms with Crippen LogP contribution >= 0.6 is 0 Å².